The monoisotopic (exact) mass is 310 g/mol. The van der Waals surface area contributed by atoms with E-state index in [-0.39, 0.29) is 5.91 Å². The summed E-state index contributed by atoms with van der Waals surface area (Å²) in [5.74, 6) is -1.23. The Labute approximate surface area is 128 Å². The minimum atomic E-state index is -1.10. The van der Waals surface area contributed by atoms with Gasteiger partial charge < -0.3 is 15.7 Å². The van der Waals surface area contributed by atoms with Gasteiger partial charge >= 0.3 is 5.97 Å². The molecule has 1 aromatic carbocycles. The van der Waals surface area contributed by atoms with Gasteiger partial charge in [0.25, 0.3) is 5.91 Å². The molecule has 0 bridgehead atoms. The van der Waals surface area contributed by atoms with E-state index >= 15 is 0 Å². The van der Waals surface area contributed by atoms with Crippen LogP contribution in [0, 0.1) is 0 Å². The zero-order valence-electron chi connectivity index (χ0n) is 11.9. The fraction of sp³-hybridized carbons (Fsp3) is 0.467. The number of nitrogens with zero attached hydrogens (tertiary/aromatic N) is 1. The molecule has 0 spiro atoms. The van der Waals surface area contributed by atoms with Gasteiger partial charge in [-0.3, -0.25) is 4.79 Å². The van der Waals surface area contributed by atoms with Crippen molar-refractivity contribution in [1.29, 1.82) is 0 Å². The summed E-state index contributed by atoms with van der Waals surface area (Å²) in [6.45, 7) is 2.37. The highest BCUT2D eigenvalue weighted by molar-refractivity contribution is 6.33. The predicted octanol–water partition coefficient (Wildman–Crippen LogP) is 2.78. The molecular weight excluding hydrogens is 292 g/mol. The lowest BCUT2D eigenvalue weighted by Gasteiger charge is -2.34. The Morgan fingerprint density at radius 1 is 1.48 bits per heavy atom. The van der Waals surface area contributed by atoms with E-state index in [1.54, 1.807) is 12.1 Å². The topological polar surface area (TPSA) is 83.6 Å². The van der Waals surface area contributed by atoms with E-state index in [2.05, 4.69) is 0 Å². The van der Waals surface area contributed by atoms with Crippen LogP contribution in [0.4, 0.5) is 5.69 Å². The van der Waals surface area contributed by atoms with Crippen LogP contribution in [0.25, 0.3) is 0 Å². The molecular formula is C15H19ClN2O3. The molecule has 0 radical (unpaired) electrons. The lowest BCUT2D eigenvalue weighted by molar-refractivity contribution is -0.148. The number of rotatable bonds is 4. The number of benzene rings is 1. The third-order valence-corrected chi connectivity index (χ3v) is 4.38. The van der Waals surface area contributed by atoms with Crippen molar-refractivity contribution in [2.75, 3.05) is 12.3 Å². The van der Waals surface area contributed by atoms with Crippen LogP contribution in [-0.4, -0.2) is 34.0 Å². The van der Waals surface area contributed by atoms with Crippen molar-refractivity contribution >= 4 is 29.2 Å². The first-order valence-corrected chi connectivity index (χ1v) is 7.40. The zero-order chi connectivity index (χ0) is 15.6. The van der Waals surface area contributed by atoms with Gasteiger partial charge in [-0.1, -0.05) is 24.9 Å². The Balaban J connectivity index is 2.36. The number of carboxylic acid groups (broad SMARTS) is 1. The summed E-state index contributed by atoms with van der Waals surface area (Å²) in [6.07, 6.45) is 2.35. The van der Waals surface area contributed by atoms with Crippen molar-refractivity contribution in [1.82, 2.24) is 4.90 Å². The summed E-state index contributed by atoms with van der Waals surface area (Å²) in [6, 6.07) is 4.64. The second kappa shape index (κ2) is 5.93. The third-order valence-electron chi connectivity index (χ3n) is 4.04. The number of anilines is 1. The largest absolute Gasteiger partial charge is 0.479 e. The summed E-state index contributed by atoms with van der Waals surface area (Å²) in [7, 11) is 0. The normalized spacial score (nSPS) is 21.5. The maximum atomic E-state index is 12.7. The number of hydrogen-bond acceptors (Lipinski definition) is 3. The molecule has 0 aromatic heterocycles. The van der Waals surface area contributed by atoms with Gasteiger partial charge in [-0.2, -0.15) is 0 Å². The first-order valence-electron chi connectivity index (χ1n) is 7.03. The van der Waals surface area contributed by atoms with Crippen LogP contribution in [0.2, 0.25) is 5.02 Å². The Morgan fingerprint density at radius 2 is 2.19 bits per heavy atom. The van der Waals surface area contributed by atoms with E-state index in [0.29, 0.717) is 48.5 Å². The quantitative estimate of drug-likeness (QED) is 0.838. The van der Waals surface area contributed by atoms with E-state index in [4.69, 9.17) is 17.3 Å². The lowest BCUT2D eigenvalue weighted by Crippen LogP contribution is -2.53. The number of hydrogen-bond donors (Lipinski definition) is 2. The lowest BCUT2D eigenvalue weighted by atomic mass is 9.90. The summed E-state index contributed by atoms with van der Waals surface area (Å²) in [5.41, 5.74) is 5.32. The van der Waals surface area contributed by atoms with E-state index in [1.807, 2.05) is 6.92 Å². The Hall–Kier alpha value is -1.75. The molecule has 1 atom stereocenters. The van der Waals surface area contributed by atoms with Gasteiger partial charge in [0.15, 0.2) is 0 Å². The van der Waals surface area contributed by atoms with Crippen molar-refractivity contribution in [3.8, 4) is 0 Å². The third kappa shape index (κ3) is 2.70. The molecule has 3 N–H and O–H groups in total. The molecule has 1 aliphatic rings. The van der Waals surface area contributed by atoms with Gasteiger partial charge in [-0.05, 0) is 37.5 Å². The Kier molecular flexibility index (Phi) is 4.42. The van der Waals surface area contributed by atoms with E-state index in [9.17, 15) is 14.7 Å². The number of aliphatic carboxylic acids is 1. The van der Waals surface area contributed by atoms with Crippen LogP contribution < -0.4 is 5.73 Å². The second-order valence-corrected chi connectivity index (χ2v) is 5.79. The molecule has 1 amide bonds. The molecule has 1 aliphatic heterocycles. The summed E-state index contributed by atoms with van der Waals surface area (Å²) in [5, 5.41) is 10.0. The van der Waals surface area contributed by atoms with Crippen molar-refractivity contribution in [3.63, 3.8) is 0 Å². The fourth-order valence-corrected chi connectivity index (χ4v) is 3.13. The molecule has 6 heteroatoms. The molecule has 0 aliphatic carbocycles. The van der Waals surface area contributed by atoms with Crippen LogP contribution in [0.3, 0.4) is 0 Å². The highest BCUT2D eigenvalue weighted by Crippen LogP contribution is 2.35. The van der Waals surface area contributed by atoms with E-state index in [1.165, 1.54) is 11.0 Å². The predicted molar refractivity (Wildman–Crippen MR) is 81.4 cm³/mol. The molecule has 1 aromatic rings. The SMILES string of the molecule is CCCC1(C(=O)O)CCCN1C(=O)c1ccc(Cl)c(N)c1. The molecule has 1 unspecified atom stereocenters. The van der Waals surface area contributed by atoms with Crippen molar-refractivity contribution in [3.05, 3.63) is 28.8 Å². The minimum Gasteiger partial charge on any atom is -0.479 e. The van der Waals surface area contributed by atoms with Crippen LogP contribution in [0.1, 0.15) is 43.0 Å². The maximum Gasteiger partial charge on any atom is 0.329 e. The first-order chi connectivity index (χ1) is 9.92. The number of amides is 1. The average molecular weight is 311 g/mol. The number of likely N-dealkylation sites (tertiary alicyclic amines) is 1. The number of nitrogens with two attached hydrogens (primary N) is 1. The van der Waals surface area contributed by atoms with Gasteiger partial charge in [-0.25, -0.2) is 4.79 Å². The summed E-state index contributed by atoms with van der Waals surface area (Å²) < 4.78 is 0. The maximum absolute atomic E-state index is 12.7. The van der Waals surface area contributed by atoms with Crippen LogP contribution in [0.5, 0.6) is 0 Å². The number of nitrogen functional groups attached to an aromatic ring is 1. The van der Waals surface area contributed by atoms with Crippen LogP contribution in [0.15, 0.2) is 18.2 Å². The first kappa shape index (κ1) is 15.6. The Bertz CT molecular complexity index is 576. The van der Waals surface area contributed by atoms with Gasteiger partial charge in [0, 0.05) is 12.1 Å². The number of halogens is 1. The average Bonchev–Trinajstić information content (AvgIpc) is 2.86. The van der Waals surface area contributed by atoms with Gasteiger partial charge in [-0.15, -0.1) is 0 Å². The minimum absolute atomic E-state index is 0.299. The number of carbonyl (C=O) groups is 2. The Morgan fingerprint density at radius 3 is 2.76 bits per heavy atom. The highest BCUT2D eigenvalue weighted by atomic mass is 35.5. The summed E-state index contributed by atoms with van der Waals surface area (Å²) in [4.78, 5) is 25.9. The van der Waals surface area contributed by atoms with Crippen molar-refractivity contribution in [2.24, 2.45) is 0 Å². The van der Waals surface area contributed by atoms with Crippen molar-refractivity contribution in [2.45, 2.75) is 38.1 Å². The smallest absolute Gasteiger partial charge is 0.329 e. The fourth-order valence-electron chi connectivity index (χ4n) is 3.01. The molecule has 114 valence electrons. The van der Waals surface area contributed by atoms with Gasteiger partial charge in [0.1, 0.15) is 5.54 Å². The second-order valence-electron chi connectivity index (χ2n) is 5.38. The van der Waals surface area contributed by atoms with E-state index in [0.717, 1.165) is 0 Å². The standard InChI is InChI=1S/C15H19ClN2O3/c1-2-6-15(14(20)21)7-3-8-18(15)13(19)10-4-5-11(16)12(17)9-10/h4-5,9H,2-3,6-8,17H2,1H3,(H,20,21). The van der Waals surface area contributed by atoms with Gasteiger partial charge in [0.05, 0.1) is 10.7 Å². The molecule has 1 heterocycles. The van der Waals surface area contributed by atoms with Crippen LogP contribution >= 0.6 is 11.6 Å². The number of carboxylic acids is 1. The van der Waals surface area contributed by atoms with Gasteiger partial charge in [0.2, 0.25) is 0 Å². The molecule has 2 rings (SSSR count). The molecule has 0 saturated carbocycles. The van der Waals surface area contributed by atoms with E-state index < -0.39 is 11.5 Å². The zero-order valence-corrected chi connectivity index (χ0v) is 12.7. The number of carbonyl (C=O) groups excluding carboxylic acids is 1. The summed E-state index contributed by atoms with van der Waals surface area (Å²) >= 11 is 5.86. The molecule has 21 heavy (non-hydrogen) atoms. The molecule has 1 fully saturated rings. The molecule has 1 saturated heterocycles. The van der Waals surface area contributed by atoms with Crippen molar-refractivity contribution < 1.29 is 14.7 Å². The van der Waals surface area contributed by atoms with Crippen LogP contribution in [-0.2, 0) is 4.79 Å². The molecule has 5 nitrogen and oxygen atoms in total. The highest BCUT2D eigenvalue weighted by Gasteiger charge is 2.49.